The van der Waals surface area contributed by atoms with Crippen molar-refractivity contribution in [3.8, 4) is 17.0 Å². The monoisotopic (exact) mass is 342 g/mol. The third-order valence-electron chi connectivity index (χ3n) is 3.96. The molecule has 0 aliphatic carbocycles. The number of hydrogen-bond donors (Lipinski definition) is 1. The summed E-state index contributed by atoms with van der Waals surface area (Å²) in [5.41, 5.74) is 2.77. The molecule has 0 saturated heterocycles. The van der Waals surface area contributed by atoms with E-state index in [1.807, 2.05) is 32.9 Å². The number of carbonyl (C=O) groups is 1. The van der Waals surface area contributed by atoms with Gasteiger partial charge in [-0.3, -0.25) is 4.79 Å². The Bertz CT molecular complexity index is 679. The quantitative estimate of drug-likeness (QED) is 0.745. The van der Waals surface area contributed by atoms with E-state index in [9.17, 15) is 4.79 Å². The highest BCUT2D eigenvalue weighted by Gasteiger charge is 2.28. The lowest BCUT2D eigenvalue weighted by Gasteiger charge is -2.22. The first-order chi connectivity index (χ1) is 12.0. The largest absolute Gasteiger partial charge is 0.481 e. The van der Waals surface area contributed by atoms with Crippen molar-refractivity contribution in [2.75, 3.05) is 20.3 Å². The molecular weight excluding hydrogens is 316 g/mol. The number of ether oxygens (including phenoxy) is 2. The van der Waals surface area contributed by atoms with Crippen molar-refractivity contribution in [1.29, 1.82) is 0 Å². The highest BCUT2D eigenvalue weighted by molar-refractivity contribution is 5.76. The minimum Gasteiger partial charge on any atom is -0.481 e. The summed E-state index contributed by atoms with van der Waals surface area (Å²) in [6.07, 6.45) is 1.80. The zero-order valence-electron chi connectivity index (χ0n) is 15.3. The van der Waals surface area contributed by atoms with Gasteiger partial charge in [0.2, 0.25) is 5.88 Å². The average molecular weight is 342 g/mol. The Morgan fingerprint density at radius 1 is 1.12 bits per heavy atom. The Balaban J connectivity index is 1.91. The van der Waals surface area contributed by atoms with Crippen molar-refractivity contribution in [2.24, 2.45) is 5.41 Å². The van der Waals surface area contributed by atoms with Gasteiger partial charge in [0, 0.05) is 30.9 Å². The van der Waals surface area contributed by atoms with E-state index in [1.54, 1.807) is 13.3 Å². The van der Waals surface area contributed by atoms with Crippen LogP contribution in [0.5, 0.6) is 5.88 Å². The molecule has 0 saturated carbocycles. The number of carbonyl (C=O) groups excluding carboxylic acids is 1. The molecule has 1 N–H and O–H groups in total. The van der Waals surface area contributed by atoms with E-state index in [0.29, 0.717) is 25.6 Å². The minimum atomic E-state index is -0.537. The van der Waals surface area contributed by atoms with Crippen LogP contribution in [0, 0.1) is 5.41 Å². The Morgan fingerprint density at radius 2 is 1.80 bits per heavy atom. The van der Waals surface area contributed by atoms with Gasteiger partial charge in [-0.1, -0.05) is 24.3 Å². The summed E-state index contributed by atoms with van der Waals surface area (Å²) in [5, 5.41) is 3.33. The van der Waals surface area contributed by atoms with Gasteiger partial charge >= 0.3 is 5.97 Å². The SMILES string of the molecule is CCOC(=O)C(C)(C)CNCc1ccc(-c2ccc(OC)nc2)cc1. The molecule has 0 atom stereocenters. The van der Waals surface area contributed by atoms with Gasteiger partial charge in [0.25, 0.3) is 0 Å². The van der Waals surface area contributed by atoms with Gasteiger partial charge in [-0.2, -0.15) is 0 Å². The second-order valence-corrected chi connectivity index (χ2v) is 6.49. The molecule has 0 radical (unpaired) electrons. The van der Waals surface area contributed by atoms with Gasteiger partial charge in [-0.05, 0) is 38.0 Å². The predicted octanol–water partition coefficient (Wildman–Crippen LogP) is 3.44. The summed E-state index contributed by atoms with van der Waals surface area (Å²) in [5.74, 6) is 0.429. The lowest BCUT2D eigenvalue weighted by molar-refractivity contribution is -0.153. The molecule has 25 heavy (non-hydrogen) atoms. The molecule has 0 amide bonds. The number of esters is 1. The number of benzene rings is 1. The Labute approximate surface area is 149 Å². The highest BCUT2D eigenvalue weighted by Crippen LogP contribution is 2.21. The van der Waals surface area contributed by atoms with Crippen molar-refractivity contribution >= 4 is 5.97 Å². The zero-order chi connectivity index (χ0) is 18.3. The van der Waals surface area contributed by atoms with Crippen LogP contribution in [0.4, 0.5) is 0 Å². The third-order valence-corrected chi connectivity index (χ3v) is 3.96. The molecule has 0 unspecified atom stereocenters. The topological polar surface area (TPSA) is 60.5 Å². The fourth-order valence-corrected chi connectivity index (χ4v) is 2.40. The average Bonchev–Trinajstić information content (AvgIpc) is 2.62. The maximum absolute atomic E-state index is 11.9. The van der Waals surface area contributed by atoms with E-state index in [4.69, 9.17) is 9.47 Å². The molecule has 0 aliphatic heterocycles. The molecule has 5 nitrogen and oxygen atoms in total. The van der Waals surface area contributed by atoms with Crippen LogP contribution in [0.15, 0.2) is 42.6 Å². The van der Waals surface area contributed by atoms with E-state index in [1.165, 1.54) is 0 Å². The molecule has 0 aliphatic rings. The van der Waals surface area contributed by atoms with E-state index < -0.39 is 5.41 Å². The van der Waals surface area contributed by atoms with Crippen LogP contribution >= 0.6 is 0 Å². The van der Waals surface area contributed by atoms with Crippen molar-refractivity contribution in [1.82, 2.24) is 10.3 Å². The fourth-order valence-electron chi connectivity index (χ4n) is 2.40. The Kier molecular flexibility index (Phi) is 6.53. The summed E-state index contributed by atoms with van der Waals surface area (Å²) in [7, 11) is 1.60. The van der Waals surface area contributed by atoms with Crippen molar-refractivity contribution in [3.05, 3.63) is 48.2 Å². The molecule has 1 heterocycles. The molecule has 5 heteroatoms. The molecule has 1 aromatic heterocycles. The van der Waals surface area contributed by atoms with Gasteiger partial charge in [0.05, 0.1) is 19.1 Å². The van der Waals surface area contributed by atoms with E-state index >= 15 is 0 Å². The number of pyridine rings is 1. The fraction of sp³-hybridized carbons (Fsp3) is 0.400. The van der Waals surface area contributed by atoms with Crippen LogP contribution in [0.2, 0.25) is 0 Å². The number of aromatic nitrogens is 1. The second kappa shape index (κ2) is 8.62. The summed E-state index contributed by atoms with van der Waals surface area (Å²) in [4.78, 5) is 16.1. The van der Waals surface area contributed by atoms with Crippen LogP contribution in [0.25, 0.3) is 11.1 Å². The Hall–Kier alpha value is -2.40. The normalized spacial score (nSPS) is 11.2. The number of rotatable bonds is 8. The minimum absolute atomic E-state index is 0.176. The molecule has 2 aromatic rings. The third kappa shape index (κ3) is 5.29. The lowest BCUT2D eigenvalue weighted by Crippen LogP contribution is -2.37. The number of methoxy groups -OCH3 is 1. The first-order valence-electron chi connectivity index (χ1n) is 8.43. The zero-order valence-corrected chi connectivity index (χ0v) is 15.3. The molecule has 2 rings (SSSR count). The van der Waals surface area contributed by atoms with Crippen LogP contribution in [-0.4, -0.2) is 31.2 Å². The Morgan fingerprint density at radius 3 is 2.36 bits per heavy atom. The first kappa shape index (κ1) is 18.9. The first-order valence-corrected chi connectivity index (χ1v) is 8.43. The number of hydrogen-bond acceptors (Lipinski definition) is 5. The summed E-state index contributed by atoms with van der Waals surface area (Å²) in [6, 6.07) is 12.1. The van der Waals surface area contributed by atoms with Crippen molar-refractivity contribution < 1.29 is 14.3 Å². The molecule has 0 bridgehead atoms. The summed E-state index contributed by atoms with van der Waals surface area (Å²) < 4.78 is 10.2. The second-order valence-electron chi connectivity index (χ2n) is 6.49. The van der Waals surface area contributed by atoms with Crippen molar-refractivity contribution in [2.45, 2.75) is 27.3 Å². The molecule has 0 fully saturated rings. The summed E-state index contributed by atoms with van der Waals surface area (Å²) in [6.45, 7) is 7.26. The predicted molar refractivity (Wildman–Crippen MR) is 98.3 cm³/mol. The van der Waals surface area contributed by atoms with Crippen LogP contribution in [0.3, 0.4) is 0 Å². The highest BCUT2D eigenvalue weighted by atomic mass is 16.5. The smallest absolute Gasteiger partial charge is 0.312 e. The van der Waals surface area contributed by atoms with Gasteiger partial charge in [0.1, 0.15) is 0 Å². The standard InChI is InChI=1S/C20H26N2O3/c1-5-25-19(23)20(2,3)14-21-12-15-6-8-16(9-7-15)17-10-11-18(24-4)22-13-17/h6-11,13,21H,5,12,14H2,1-4H3. The lowest BCUT2D eigenvalue weighted by atomic mass is 9.93. The van der Waals surface area contributed by atoms with Gasteiger partial charge in [-0.15, -0.1) is 0 Å². The van der Waals surface area contributed by atoms with Gasteiger partial charge in [0.15, 0.2) is 0 Å². The van der Waals surface area contributed by atoms with Gasteiger partial charge < -0.3 is 14.8 Å². The number of nitrogens with one attached hydrogen (secondary N) is 1. The summed E-state index contributed by atoms with van der Waals surface area (Å²) >= 11 is 0. The van der Waals surface area contributed by atoms with E-state index in [-0.39, 0.29) is 5.97 Å². The molecular formula is C20H26N2O3. The van der Waals surface area contributed by atoms with Crippen LogP contribution in [0.1, 0.15) is 26.3 Å². The van der Waals surface area contributed by atoms with E-state index in [0.717, 1.165) is 16.7 Å². The molecule has 1 aromatic carbocycles. The maximum atomic E-state index is 11.9. The van der Waals surface area contributed by atoms with Crippen LogP contribution < -0.4 is 10.1 Å². The van der Waals surface area contributed by atoms with E-state index in [2.05, 4.69) is 34.6 Å². The van der Waals surface area contributed by atoms with Crippen LogP contribution in [-0.2, 0) is 16.1 Å². The molecule has 0 spiro atoms. The van der Waals surface area contributed by atoms with Crippen molar-refractivity contribution in [3.63, 3.8) is 0 Å². The van der Waals surface area contributed by atoms with Gasteiger partial charge in [-0.25, -0.2) is 4.98 Å². The maximum Gasteiger partial charge on any atom is 0.312 e. The molecule has 134 valence electrons. The number of nitrogens with zero attached hydrogens (tertiary/aromatic N) is 1.